The number of aromatic nitrogens is 3. The Bertz CT molecular complexity index is 1100. The molecule has 0 unspecified atom stereocenters. The van der Waals surface area contributed by atoms with Gasteiger partial charge in [0.15, 0.2) is 0 Å². The van der Waals surface area contributed by atoms with Gasteiger partial charge in [-0.1, -0.05) is 23.7 Å². The van der Waals surface area contributed by atoms with Crippen molar-refractivity contribution in [3.05, 3.63) is 57.7 Å². The van der Waals surface area contributed by atoms with Crippen LogP contribution in [-0.2, 0) is 6.54 Å². The number of nitrogens with one attached hydrogen (secondary N) is 1. The Labute approximate surface area is 163 Å². The van der Waals surface area contributed by atoms with Gasteiger partial charge in [0.2, 0.25) is 5.65 Å². The average Bonchev–Trinajstić information content (AvgIpc) is 3.37. The van der Waals surface area contributed by atoms with Crippen molar-refractivity contribution in [2.45, 2.75) is 25.8 Å². The minimum atomic E-state index is -2.66. The van der Waals surface area contributed by atoms with Crippen LogP contribution < -0.4 is 10.9 Å². The van der Waals surface area contributed by atoms with E-state index in [-0.39, 0.29) is 16.9 Å². The first-order valence-electron chi connectivity index (χ1n) is 8.87. The highest BCUT2D eigenvalue weighted by Gasteiger charge is 2.25. The highest BCUT2D eigenvalue weighted by molar-refractivity contribution is 6.30. The van der Waals surface area contributed by atoms with E-state index in [1.807, 2.05) is 6.07 Å². The minimum Gasteiger partial charge on any atom is -0.345 e. The molecule has 0 atom stereocenters. The molecule has 1 amide bonds. The molecule has 2 heterocycles. The lowest BCUT2D eigenvalue weighted by Crippen LogP contribution is -2.28. The number of amides is 1. The maximum absolute atomic E-state index is 13.1. The van der Waals surface area contributed by atoms with Gasteiger partial charge >= 0.3 is 0 Å². The summed E-state index contributed by atoms with van der Waals surface area (Å²) in [5.74, 6) is -0.316. The molecule has 1 N–H and O–H groups in total. The lowest BCUT2D eigenvalue weighted by Gasteiger charge is -2.13. The predicted octanol–water partition coefficient (Wildman–Crippen LogP) is 3.22. The summed E-state index contributed by atoms with van der Waals surface area (Å²) in [7, 11) is 0. The Kier molecular flexibility index (Phi) is 4.89. The maximum Gasteiger partial charge on any atom is 0.294 e. The lowest BCUT2D eigenvalue weighted by atomic mass is 10.1. The van der Waals surface area contributed by atoms with Gasteiger partial charge in [-0.15, -0.1) is 0 Å². The molecule has 4 rings (SSSR count). The van der Waals surface area contributed by atoms with Crippen LogP contribution in [0.25, 0.3) is 16.9 Å². The van der Waals surface area contributed by atoms with Crippen molar-refractivity contribution in [1.29, 1.82) is 0 Å². The van der Waals surface area contributed by atoms with Gasteiger partial charge in [-0.3, -0.25) is 14.0 Å². The molecule has 0 bridgehead atoms. The van der Waals surface area contributed by atoms with E-state index >= 15 is 0 Å². The Balaban J connectivity index is 1.81. The second-order valence-corrected chi connectivity index (χ2v) is 7.28. The Morgan fingerprint density at radius 3 is 2.79 bits per heavy atom. The van der Waals surface area contributed by atoms with Gasteiger partial charge in [0.1, 0.15) is 5.69 Å². The molecule has 9 heteroatoms. The third-order valence-corrected chi connectivity index (χ3v) is 4.86. The molecule has 0 spiro atoms. The lowest BCUT2D eigenvalue weighted by molar-refractivity contribution is 0.0887. The number of hydrogen-bond donors (Lipinski definition) is 1. The van der Waals surface area contributed by atoms with Crippen LogP contribution in [0.3, 0.4) is 0 Å². The molecule has 0 saturated heterocycles. The van der Waals surface area contributed by atoms with Crippen molar-refractivity contribution in [2.75, 3.05) is 6.54 Å². The summed E-state index contributed by atoms with van der Waals surface area (Å²) < 4.78 is 27.8. The highest BCUT2D eigenvalue weighted by Crippen LogP contribution is 2.32. The molecule has 1 saturated carbocycles. The molecule has 0 aliphatic heterocycles. The van der Waals surface area contributed by atoms with Crippen LogP contribution in [0.5, 0.6) is 0 Å². The molecule has 1 aliphatic rings. The van der Waals surface area contributed by atoms with Gasteiger partial charge in [-0.2, -0.15) is 0 Å². The van der Waals surface area contributed by atoms with E-state index in [1.165, 1.54) is 10.6 Å². The van der Waals surface area contributed by atoms with Crippen molar-refractivity contribution in [3.8, 4) is 11.3 Å². The number of fused-ring (bicyclic) bond motifs is 1. The first-order valence-corrected chi connectivity index (χ1v) is 9.25. The molecule has 28 heavy (non-hydrogen) atoms. The largest absolute Gasteiger partial charge is 0.345 e. The second kappa shape index (κ2) is 7.35. The minimum absolute atomic E-state index is 0.0774. The van der Waals surface area contributed by atoms with Crippen LogP contribution in [0, 0.1) is 5.92 Å². The molecule has 3 aromatic rings. The van der Waals surface area contributed by atoms with Crippen molar-refractivity contribution < 1.29 is 13.6 Å². The summed E-state index contributed by atoms with van der Waals surface area (Å²) >= 11 is 6.11. The molecule has 0 radical (unpaired) electrons. The van der Waals surface area contributed by atoms with Crippen LogP contribution in [0.15, 0.2) is 41.5 Å². The number of imidazole rings is 1. The van der Waals surface area contributed by atoms with Crippen LogP contribution in [0.4, 0.5) is 8.78 Å². The van der Waals surface area contributed by atoms with Gasteiger partial charge in [0, 0.05) is 29.5 Å². The number of alkyl halides is 2. The number of carbonyl (C=O) groups is 1. The number of nitrogens with zero attached hydrogens (tertiary/aromatic N) is 3. The van der Waals surface area contributed by atoms with Crippen molar-refractivity contribution >= 4 is 23.2 Å². The third-order valence-electron chi connectivity index (χ3n) is 4.63. The fourth-order valence-electron chi connectivity index (χ4n) is 3.07. The fourth-order valence-corrected chi connectivity index (χ4v) is 3.26. The normalized spacial score (nSPS) is 14.0. The second-order valence-electron chi connectivity index (χ2n) is 6.84. The van der Waals surface area contributed by atoms with Crippen LogP contribution in [0.2, 0.25) is 5.02 Å². The summed E-state index contributed by atoms with van der Waals surface area (Å²) in [6, 6.07) is 7.16. The van der Waals surface area contributed by atoms with Crippen LogP contribution in [-0.4, -0.2) is 32.8 Å². The van der Waals surface area contributed by atoms with Gasteiger partial charge in [0.05, 0.1) is 12.2 Å². The molecule has 2 aromatic heterocycles. The predicted molar refractivity (Wildman–Crippen MR) is 101 cm³/mol. The molecular weight excluding hydrogens is 390 g/mol. The monoisotopic (exact) mass is 406 g/mol. The smallest absolute Gasteiger partial charge is 0.294 e. The molecule has 146 valence electrons. The van der Waals surface area contributed by atoms with Crippen molar-refractivity contribution in [3.63, 3.8) is 0 Å². The van der Waals surface area contributed by atoms with E-state index < -0.39 is 18.9 Å². The van der Waals surface area contributed by atoms with E-state index in [4.69, 9.17) is 11.6 Å². The van der Waals surface area contributed by atoms with E-state index in [2.05, 4.69) is 10.3 Å². The summed E-state index contributed by atoms with van der Waals surface area (Å²) in [5.41, 5.74) is 1.08. The first kappa shape index (κ1) is 18.6. The van der Waals surface area contributed by atoms with Gasteiger partial charge in [0.25, 0.3) is 17.9 Å². The summed E-state index contributed by atoms with van der Waals surface area (Å²) in [5, 5.41) is 2.64. The van der Waals surface area contributed by atoms with E-state index in [9.17, 15) is 18.4 Å². The average molecular weight is 407 g/mol. The van der Waals surface area contributed by atoms with Crippen LogP contribution >= 0.6 is 11.6 Å². The standard InChI is InChI=1S/C19H17ClF2N4O2/c20-13-3-1-2-12(6-13)15-10-25-9-14(18(27)23-7-16(21)22)24-17(25)19(28)26(15)8-11-4-5-11/h1-3,6,9-11,16H,4-5,7-8H2,(H,23,27). The Hall–Kier alpha value is -2.74. The Morgan fingerprint density at radius 1 is 1.32 bits per heavy atom. The molecule has 1 fully saturated rings. The number of halogens is 3. The molecular formula is C19H17ClF2N4O2. The summed E-state index contributed by atoms with van der Waals surface area (Å²) in [6.45, 7) is -0.219. The van der Waals surface area contributed by atoms with Gasteiger partial charge < -0.3 is 9.88 Å². The summed E-state index contributed by atoms with van der Waals surface area (Å²) in [6.07, 6.45) is 2.53. The van der Waals surface area contributed by atoms with E-state index in [0.717, 1.165) is 18.4 Å². The maximum atomic E-state index is 13.1. The zero-order chi connectivity index (χ0) is 19.8. The fraction of sp³-hybridized carbons (Fsp3) is 0.316. The number of carbonyl (C=O) groups excluding carboxylic acids is 1. The van der Waals surface area contributed by atoms with Crippen molar-refractivity contribution in [2.24, 2.45) is 5.92 Å². The van der Waals surface area contributed by atoms with Gasteiger partial charge in [-0.05, 0) is 30.9 Å². The molecule has 1 aromatic carbocycles. The third kappa shape index (κ3) is 3.77. The quantitative estimate of drug-likeness (QED) is 0.683. The highest BCUT2D eigenvalue weighted by atomic mass is 35.5. The molecule has 6 nitrogen and oxygen atoms in total. The molecule has 1 aliphatic carbocycles. The van der Waals surface area contributed by atoms with Crippen LogP contribution in [0.1, 0.15) is 23.3 Å². The zero-order valence-electron chi connectivity index (χ0n) is 14.7. The van der Waals surface area contributed by atoms with E-state index in [1.54, 1.807) is 29.0 Å². The van der Waals surface area contributed by atoms with Crippen molar-refractivity contribution in [1.82, 2.24) is 19.3 Å². The topological polar surface area (TPSA) is 68.4 Å². The van der Waals surface area contributed by atoms with Gasteiger partial charge in [-0.25, -0.2) is 13.8 Å². The SMILES string of the molecule is O=C(NCC(F)F)c1cn2cc(-c3cccc(Cl)c3)n(CC3CC3)c(=O)c2n1. The number of rotatable bonds is 6. The van der Waals surface area contributed by atoms with E-state index in [0.29, 0.717) is 23.2 Å². The number of benzene rings is 1. The Morgan fingerprint density at radius 2 is 2.11 bits per heavy atom. The summed E-state index contributed by atoms with van der Waals surface area (Å²) in [4.78, 5) is 29.2. The first-order chi connectivity index (χ1) is 13.4. The zero-order valence-corrected chi connectivity index (χ0v) is 15.5. The number of hydrogen-bond acceptors (Lipinski definition) is 3.